The number of amides is 2. The quantitative estimate of drug-likeness (QED) is 0.319. The second kappa shape index (κ2) is 9.31. The summed E-state index contributed by atoms with van der Waals surface area (Å²) in [6.07, 6.45) is 0.570. The minimum atomic E-state index is -1.03. The average Bonchev–Trinajstić information content (AvgIpc) is 3.11. The Kier molecular flexibility index (Phi) is 6.58. The van der Waals surface area contributed by atoms with Crippen molar-refractivity contribution in [2.75, 3.05) is 6.61 Å². The first-order valence-electron chi connectivity index (χ1n) is 8.97. The molecular formula is C21H20N2O5S. The lowest BCUT2D eigenvalue weighted by Crippen LogP contribution is -2.29. The lowest BCUT2D eigenvalue weighted by Gasteiger charge is -2.10. The number of nitrogens with one attached hydrogen (secondary N) is 1. The summed E-state index contributed by atoms with van der Waals surface area (Å²) in [6.45, 7) is 1.81. The van der Waals surface area contributed by atoms with Gasteiger partial charge in [-0.05, 0) is 24.1 Å². The number of nitrogens with two attached hydrogens (primary N) is 1. The molecule has 0 aliphatic heterocycles. The number of benzene rings is 2. The molecule has 29 heavy (non-hydrogen) atoms. The number of hydrogen-bond donors (Lipinski definition) is 2. The fourth-order valence-electron chi connectivity index (χ4n) is 2.85. The van der Waals surface area contributed by atoms with E-state index < -0.39 is 17.6 Å². The molecule has 150 valence electrons. The van der Waals surface area contributed by atoms with Crippen LogP contribution in [0.2, 0.25) is 0 Å². The van der Waals surface area contributed by atoms with Crippen LogP contribution in [0.4, 0.5) is 0 Å². The molecule has 3 N–H and O–H groups in total. The number of thiophene rings is 1. The van der Waals surface area contributed by atoms with Crippen molar-refractivity contribution in [3.05, 3.63) is 64.5 Å². The topological polar surface area (TPSA) is 108 Å². The number of hydroxylamine groups is 1. The second-order valence-electron chi connectivity index (χ2n) is 6.16. The minimum Gasteiger partial charge on any atom is -0.483 e. The third kappa shape index (κ3) is 4.79. The molecule has 2 aromatic carbocycles. The minimum absolute atomic E-state index is 0.226. The number of ether oxygens (including phenoxy) is 1. The Bertz CT molecular complexity index is 1050. The maximum absolute atomic E-state index is 12.3. The molecule has 2 amide bonds. The number of fused-ring (bicyclic) bond motifs is 1. The zero-order chi connectivity index (χ0) is 20.8. The molecule has 0 spiro atoms. The second-order valence-corrected chi connectivity index (χ2v) is 7.30. The highest BCUT2D eigenvalue weighted by atomic mass is 32.1. The van der Waals surface area contributed by atoms with Gasteiger partial charge >= 0.3 is 0 Å². The largest absolute Gasteiger partial charge is 0.483 e. The summed E-state index contributed by atoms with van der Waals surface area (Å²) in [7, 11) is 0. The lowest BCUT2D eigenvalue weighted by molar-refractivity contribution is -0.136. The van der Waals surface area contributed by atoms with Gasteiger partial charge in [-0.3, -0.25) is 19.2 Å². The molecule has 0 radical (unpaired) electrons. The monoisotopic (exact) mass is 412 g/mol. The van der Waals surface area contributed by atoms with E-state index in [1.807, 2.05) is 43.3 Å². The van der Waals surface area contributed by atoms with Gasteiger partial charge in [-0.25, -0.2) is 5.48 Å². The van der Waals surface area contributed by atoms with Gasteiger partial charge in [0.15, 0.2) is 6.61 Å². The van der Waals surface area contributed by atoms with Crippen LogP contribution in [0.5, 0.6) is 5.75 Å². The summed E-state index contributed by atoms with van der Waals surface area (Å²) in [5.74, 6) is -1.94. The van der Waals surface area contributed by atoms with Crippen molar-refractivity contribution in [1.29, 1.82) is 0 Å². The predicted molar refractivity (Wildman–Crippen MR) is 110 cm³/mol. The smallest absolute Gasteiger partial charge is 0.289 e. The van der Waals surface area contributed by atoms with E-state index in [-0.39, 0.29) is 18.8 Å². The van der Waals surface area contributed by atoms with Crippen molar-refractivity contribution >= 4 is 39.0 Å². The van der Waals surface area contributed by atoms with Gasteiger partial charge in [-0.1, -0.05) is 43.3 Å². The number of carbonyl (C=O) groups is 3. The molecule has 0 saturated carbocycles. The van der Waals surface area contributed by atoms with Gasteiger partial charge in [0, 0.05) is 15.0 Å². The Hall–Kier alpha value is -3.23. The Morgan fingerprint density at radius 1 is 1.07 bits per heavy atom. The molecule has 0 aliphatic rings. The van der Waals surface area contributed by atoms with Crippen molar-refractivity contribution in [1.82, 2.24) is 5.48 Å². The molecule has 0 atom stereocenters. The van der Waals surface area contributed by atoms with Crippen molar-refractivity contribution in [2.45, 2.75) is 20.0 Å². The van der Waals surface area contributed by atoms with Crippen molar-refractivity contribution in [3.63, 3.8) is 0 Å². The van der Waals surface area contributed by atoms with E-state index >= 15 is 0 Å². The highest BCUT2D eigenvalue weighted by molar-refractivity contribution is 7.19. The van der Waals surface area contributed by atoms with Crippen molar-refractivity contribution in [2.24, 2.45) is 5.73 Å². The van der Waals surface area contributed by atoms with E-state index in [1.165, 1.54) is 11.3 Å². The molecule has 8 heteroatoms. The number of hydrogen-bond acceptors (Lipinski definition) is 6. The average molecular weight is 412 g/mol. The Morgan fingerprint density at radius 2 is 1.83 bits per heavy atom. The van der Waals surface area contributed by atoms with Crippen LogP contribution in [0.15, 0.2) is 48.5 Å². The van der Waals surface area contributed by atoms with E-state index in [0.29, 0.717) is 17.6 Å². The summed E-state index contributed by atoms with van der Waals surface area (Å²) in [5.41, 5.74) is 8.69. The first-order chi connectivity index (χ1) is 14.0. The summed E-state index contributed by atoms with van der Waals surface area (Å²) in [4.78, 5) is 41.8. The molecule has 0 saturated heterocycles. The zero-order valence-corrected chi connectivity index (χ0v) is 16.6. The highest BCUT2D eigenvalue weighted by Gasteiger charge is 2.24. The molecule has 0 unspecified atom stereocenters. The maximum Gasteiger partial charge on any atom is 0.289 e. The van der Waals surface area contributed by atoms with Crippen LogP contribution in [0.25, 0.3) is 10.1 Å². The van der Waals surface area contributed by atoms with Crippen LogP contribution in [0.3, 0.4) is 0 Å². The van der Waals surface area contributed by atoms with E-state index in [4.69, 9.17) is 15.3 Å². The summed E-state index contributed by atoms with van der Waals surface area (Å²) in [6, 6.07) is 14.6. The van der Waals surface area contributed by atoms with Crippen LogP contribution < -0.4 is 16.0 Å². The van der Waals surface area contributed by atoms with Crippen LogP contribution in [0.1, 0.15) is 27.7 Å². The third-order valence-electron chi connectivity index (χ3n) is 4.15. The van der Waals surface area contributed by atoms with Gasteiger partial charge in [0.05, 0.1) is 12.2 Å². The molecular weight excluding hydrogens is 392 g/mol. The van der Waals surface area contributed by atoms with Gasteiger partial charge in [0.1, 0.15) is 5.75 Å². The Balaban J connectivity index is 1.71. The number of rotatable bonds is 9. The van der Waals surface area contributed by atoms with Crippen LogP contribution in [-0.4, -0.2) is 24.2 Å². The molecule has 7 nitrogen and oxygen atoms in total. The van der Waals surface area contributed by atoms with Crippen molar-refractivity contribution in [3.8, 4) is 5.75 Å². The standard InChI is InChI=1S/C21H20N2O5S/c1-2-15-19(20(25)21(22)26)18-14(9-6-10-16(18)29-15)27-12-17(24)23-28-11-13-7-4-3-5-8-13/h3-10H,2,11-12H2,1H3,(H2,22,26)(H,23,24). The van der Waals surface area contributed by atoms with E-state index in [2.05, 4.69) is 5.48 Å². The van der Waals surface area contributed by atoms with E-state index in [0.717, 1.165) is 15.1 Å². The van der Waals surface area contributed by atoms with E-state index in [1.54, 1.807) is 12.1 Å². The third-order valence-corrected chi connectivity index (χ3v) is 5.45. The van der Waals surface area contributed by atoms with Crippen LogP contribution in [-0.2, 0) is 27.5 Å². The van der Waals surface area contributed by atoms with Crippen LogP contribution in [0, 0.1) is 0 Å². The van der Waals surface area contributed by atoms with Crippen LogP contribution >= 0.6 is 11.3 Å². The van der Waals surface area contributed by atoms with Gasteiger partial charge in [-0.2, -0.15) is 0 Å². The molecule has 0 bridgehead atoms. The normalized spacial score (nSPS) is 10.7. The first kappa shape index (κ1) is 20.5. The maximum atomic E-state index is 12.3. The molecule has 0 fully saturated rings. The predicted octanol–water partition coefficient (Wildman–Crippen LogP) is 2.76. The summed E-state index contributed by atoms with van der Waals surface area (Å²) in [5, 5.41) is 0.496. The number of ketones is 1. The highest BCUT2D eigenvalue weighted by Crippen LogP contribution is 2.38. The molecule has 3 aromatic rings. The zero-order valence-electron chi connectivity index (χ0n) is 15.8. The van der Waals surface area contributed by atoms with E-state index in [9.17, 15) is 14.4 Å². The molecule has 1 aromatic heterocycles. The Morgan fingerprint density at radius 3 is 2.52 bits per heavy atom. The van der Waals surface area contributed by atoms with Gasteiger partial charge < -0.3 is 10.5 Å². The first-order valence-corrected chi connectivity index (χ1v) is 9.78. The SMILES string of the molecule is CCc1sc2cccc(OCC(=O)NOCc3ccccc3)c2c1C(=O)C(N)=O. The fourth-order valence-corrected chi connectivity index (χ4v) is 4.00. The van der Waals surface area contributed by atoms with Gasteiger partial charge in [-0.15, -0.1) is 11.3 Å². The molecule has 1 heterocycles. The number of aryl methyl sites for hydroxylation is 1. The molecule has 3 rings (SSSR count). The lowest BCUT2D eigenvalue weighted by atomic mass is 10.0. The number of Topliss-reactive ketones (excluding diaryl/α,β-unsaturated/α-hetero) is 1. The summed E-state index contributed by atoms with van der Waals surface area (Å²) >= 11 is 1.40. The number of primary amides is 1. The Labute approximate surface area is 171 Å². The van der Waals surface area contributed by atoms with Crippen molar-refractivity contribution < 1.29 is 24.0 Å². The number of carbonyl (C=O) groups excluding carboxylic acids is 3. The summed E-state index contributed by atoms with van der Waals surface area (Å²) < 4.78 is 6.40. The fraction of sp³-hybridized carbons (Fsp3) is 0.190. The van der Waals surface area contributed by atoms with Gasteiger partial charge in [0.2, 0.25) is 0 Å². The molecule has 0 aliphatic carbocycles. The van der Waals surface area contributed by atoms with Gasteiger partial charge in [0.25, 0.3) is 17.6 Å².